The van der Waals surface area contributed by atoms with Crippen LogP contribution >= 0.6 is 0 Å². The molecule has 1 unspecified atom stereocenters. The molecule has 1 aromatic heterocycles. The van der Waals surface area contributed by atoms with Crippen LogP contribution in [0.15, 0.2) is 58.7 Å². The number of hydrogen-bond donors (Lipinski definition) is 1. The lowest BCUT2D eigenvalue weighted by atomic mass is 9.83. The fourth-order valence-corrected chi connectivity index (χ4v) is 3.82. The molecule has 8 heteroatoms. The van der Waals surface area contributed by atoms with Crippen LogP contribution in [0.25, 0.3) is 0 Å². The molecule has 1 atom stereocenters. The molecule has 1 N–H and O–H groups in total. The van der Waals surface area contributed by atoms with Crippen molar-refractivity contribution < 1.29 is 27.9 Å². The first-order valence-corrected chi connectivity index (χ1v) is 11.0. The molecule has 3 rings (SSSR count). The Kier molecular flexibility index (Phi) is 5.83. The summed E-state index contributed by atoms with van der Waals surface area (Å²) in [4.78, 5) is 28.8. The van der Waals surface area contributed by atoms with Crippen LogP contribution in [0, 0.1) is 0 Å². The Hall–Kier alpha value is -3.00. The summed E-state index contributed by atoms with van der Waals surface area (Å²) in [6.45, 7) is 1.65. The van der Waals surface area contributed by atoms with E-state index in [9.17, 15) is 23.1 Å². The number of ketones is 2. The molecule has 0 spiro atoms. The van der Waals surface area contributed by atoms with Gasteiger partial charge in [-0.25, -0.2) is 13.4 Å². The highest BCUT2D eigenvalue weighted by Crippen LogP contribution is 2.34. The SMILES string of the molecule is CCC(=O)C1=C(O)CC(c2cccc(Oc3ccc(S(C)(=O)=O)cc3)n2)CC1=O. The van der Waals surface area contributed by atoms with Gasteiger partial charge < -0.3 is 9.84 Å². The minimum absolute atomic E-state index is 0.0879. The van der Waals surface area contributed by atoms with Crippen LogP contribution in [0.4, 0.5) is 0 Å². The van der Waals surface area contributed by atoms with Crippen molar-refractivity contribution in [1.29, 1.82) is 0 Å². The van der Waals surface area contributed by atoms with Gasteiger partial charge in [0.15, 0.2) is 21.4 Å². The maximum atomic E-state index is 12.3. The molecule has 0 fully saturated rings. The zero-order valence-electron chi connectivity index (χ0n) is 16.1. The van der Waals surface area contributed by atoms with Gasteiger partial charge in [0.25, 0.3) is 0 Å². The molecule has 0 radical (unpaired) electrons. The second-order valence-electron chi connectivity index (χ2n) is 6.87. The summed E-state index contributed by atoms with van der Waals surface area (Å²) in [5, 5.41) is 10.2. The van der Waals surface area contributed by atoms with Crippen molar-refractivity contribution in [3.8, 4) is 11.6 Å². The maximum absolute atomic E-state index is 12.3. The first-order chi connectivity index (χ1) is 13.7. The van der Waals surface area contributed by atoms with Crippen LogP contribution in [0.5, 0.6) is 11.6 Å². The minimum atomic E-state index is -3.29. The molecule has 152 valence electrons. The second kappa shape index (κ2) is 8.16. The van der Waals surface area contributed by atoms with Gasteiger partial charge in [-0.05, 0) is 30.3 Å². The van der Waals surface area contributed by atoms with E-state index in [1.807, 2.05) is 0 Å². The number of sulfone groups is 1. The van der Waals surface area contributed by atoms with Crippen LogP contribution in [0.1, 0.15) is 37.8 Å². The van der Waals surface area contributed by atoms with E-state index in [4.69, 9.17) is 4.74 Å². The van der Waals surface area contributed by atoms with E-state index in [1.165, 1.54) is 24.3 Å². The number of aliphatic hydroxyl groups is 1. The third-order valence-corrected chi connectivity index (χ3v) is 5.81. The quantitative estimate of drug-likeness (QED) is 0.719. The molecular formula is C21H21NO6S. The van der Waals surface area contributed by atoms with Crippen LogP contribution in [-0.2, 0) is 19.4 Å². The van der Waals surface area contributed by atoms with Gasteiger partial charge in [-0.2, -0.15) is 0 Å². The second-order valence-corrected chi connectivity index (χ2v) is 8.89. The van der Waals surface area contributed by atoms with E-state index >= 15 is 0 Å². The topological polar surface area (TPSA) is 111 Å². The van der Waals surface area contributed by atoms with Crippen molar-refractivity contribution in [2.24, 2.45) is 0 Å². The molecule has 0 aliphatic heterocycles. The Morgan fingerprint density at radius 2 is 1.86 bits per heavy atom. The smallest absolute Gasteiger partial charge is 0.219 e. The molecule has 0 amide bonds. The summed E-state index contributed by atoms with van der Waals surface area (Å²) in [5.74, 6) is -0.584. The Morgan fingerprint density at radius 1 is 1.17 bits per heavy atom. The van der Waals surface area contributed by atoms with Crippen molar-refractivity contribution in [1.82, 2.24) is 4.98 Å². The number of hydrogen-bond acceptors (Lipinski definition) is 7. The van der Waals surface area contributed by atoms with Gasteiger partial charge in [-0.3, -0.25) is 9.59 Å². The number of carbonyl (C=O) groups is 2. The van der Waals surface area contributed by atoms with Gasteiger partial charge in [0.2, 0.25) is 5.88 Å². The number of rotatable bonds is 6. The van der Waals surface area contributed by atoms with Crippen LogP contribution in [0.2, 0.25) is 0 Å². The maximum Gasteiger partial charge on any atom is 0.219 e. The predicted molar refractivity (Wildman–Crippen MR) is 106 cm³/mol. The van der Waals surface area contributed by atoms with Crippen molar-refractivity contribution in [3.05, 3.63) is 59.5 Å². The Labute approximate surface area is 169 Å². The lowest BCUT2D eigenvalue weighted by Gasteiger charge is -2.22. The zero-order valence-corrected chi connectivity index (χ0v) is 16.9. The molecular weight excluding hydrogens is 394 g/mol. The van der Waals surface area contributed by atoms with E-state index in [2.05, 4.69) is 4.98 Å². The minimum Gasteiger partial charge on any atom is -0.511 e. The van der Waals surface area contributed by atoms with Gasteiger partial charge in [-0.15, -0.1) is 0 Å². The largest absolute Gasteiger partial charge is 0.511 e. The van der Waals surface area contributed by atoms with E-state index in [0.717, 1.165) is 6.26 Å². The Balaban J connectivity index is 1.79. The first kappa shape index (κ1) is 20.7. The fraction of sp³-hybridized carbons (Fsp3) is 0.286. The molecule has 7 nitrogen and oxygen atoms in total. The lowest BCUT2D eigenvalue weighted by molar-refractivity contribution is -0.122. The number of aromatic nitrogens is 1. The molecule has 2 aromatic rings. The van der Waals surface area contributed by atoms with Crippen molar-refractivity contribution >= 4 is 21.4 Å². The monoisotopic (exact) mass is 415 g/mol. The average Bonchev–Trinajstić information content (AvgIpc) is 2.67. The number of benzene rings is 1. The third-order valence-electron chi connectivity index (χ3n) is 4.68. The van der Waals surface area contributed by atoms with E-state index < -0.39 is 9.84 Å². The lowest BCUT2D eigenvalue weighted by Crippen LogP contribution is -2.23. The van der Waals surface area contributed by atoms with Crippen LogP contribution in [-0.4, -0.2) is 36.3 Å². The van der Waals surface area contributed by atoms with Gasteiger partial charge in [0.1, 0.15) is 11.5 Å². The molecule has 0 saturated heterocycles. The first-order valence-electron chi connectivity index (χ1n) is 9.12. The predicted octanol–water partition coefficient (Wildman–Crippen LogP) is 3.52. The van der Waals surface area contributed by atoms with Crippen LogP contribution in [0.3, 0.4) is 0 Å². The number of pyridine rings is 1. The van der Waals surface area contributed by atoms with Crippen LogP contribution < -0.4 is 4.74 Å². The number of allylic oxidation sites excluding steroid dienone is 2. The molecule has 0 bridgehead atoms. The molecule has 1 aliphatic carbocycles. The summed E-state index contributed by atoms with van der Waals surface area (Å²) >= 11 is 0. The highest BCUT2D eigenvalue weighted by atomic mass is 32.2. The summed E-state index contributed by atoms with van der Waals surface area (Å²) in [6.07, 6.45) is 1.54. The number of carbonyl (C=O) groups excluding carboxylic acids is 2. The molecule has 0 saturated carbocycles. The normalized spacial score (nSPS) is 17.3. The summed E-state index contributed by atoms with van der Waals surface area (Å²) in [7, 11) is -3.29. The summed E-state index contributed by atoms with van der Waals surface area (Å²) < 4.78 is 28.8. The van der Waals surface area contributed by atoms with E-state index in [-0.39, 0.29) is 58.9 Å². The van der Waals surface area contributed by atoms with Crippen molar-refractivity contribution in [3.63, 3.8) is 0 Å². The van der Waals surface area contributed by atoms with Crippen molar-refractivity contribution in [2.45, 2.75) is 37.0 Å². The highest BCUT2D eigenvalue weighted by Gasteiger charge is 2.32. The Morgan fingerprint density at radius 3 is 2.45 bits per heavy atom. The van der Waals surface area contributed by atoms with Gasteiger partial charge >= 0.3 is 0 Å². The highest BCUT2D eigenvalue weighted by molar-refractivity contribution is 7.90. The Bertz CT molecular complexity index is 1090. The summed E-state index contributed by atoms with van der Waals surface area (Å²) in [6, 6.07) is 11.1. The number of Topliss-reactive ketones (excluding diaryl/α,β-unsaturated/α-hetero) is 2. The van der Waals surface area contributed by atoms with E-state index in [1.54, 1.807) is 25.1 Å². The fourth-order valence-electron chi connectivity index (χ4n) is 3.19. The van der Waals surface area contributed by atoms with Gasteiger partial charge in [-0.1, -0.05) is 13.0 Å². The molecule has 29 heavy (non-hydrogen) atoms. The third kappa shape index (κ3) is 4.71. The van der Waals surface area contributed by atoms with Gasteiger partial charge in [0.05, 0.1) is 10.5 Å². The number of ether oxygens (including phenoxy) is 1. The standard InChI is InChI=1S/C21H21NO6S/c1-3-17(23)21-18(24)11-13(12-19(21)25)16-5-4-6-20(22-16)28-14-7-9-15(10-8-14)29(2,26)27/h4-10,13,24H,3,11-12H2,1-2H3. The summed E-state index contributed by atoms with van der Waals surface area (Å²) in [5.41, 5.74) is 0.472. The molecule has 1 aromatic carbocycles. The number of nitrogens with zero attached hydrogens (tertiary/aromatic N) is 1. The van der Waals surface area contributed by atoms with E-state index in [0.29, 0.717) is 11.4 Å². The number of aliphatic hydroxyl groups excluding tert-OH is 1. The van der Waals surface area contributed by atoms with Gasteiger partial charge in [0, 0.05) is 43.2 Å². The average molecular weight is 415 g/mol. The van der Waals surface area contributed by atoms with Crippen molar-refractivity contribution in [2.75, 3.05) is 6.26 Å². The molecule has 1 aliphatic rings. The zero-order chi connectivity index (χ0) is 21.2. The molecule has 1 heterocycles.